The number of rotatable bonds is 4. The van der Waals surface area contributed by atoms with Crippen molar-refractivity contribution in [1.29, 1.82) is 0 Å². The molecule has 0 aromatic rings. The lowest BCUT2D eigenvalue weighted by atomic mass is 10.2. The molecule has 0 aromatic carbocycles. The molecule has 0 rings (SSSR count). The minimum absolute atomic E-state index is 0.101. The molecule has 0 bridgehead atoms. The van der Waals surface area contributed by atoms with Crippen LogP contribution in [0.15, 0.2) is 0 Å². The van der Waals surface area contributed by atoms with Gasteiger partial charge in [0.05, 0.1) is 0 Å². The quantitative estimate of drug-likeness (QED) is 0.610. The second-order valence-electron chi connectivity index (χ2n) is 4.42. The first kappa shape index (κ1) is 14.7. The molecule has 16 heavy (non-hydrogen) atoms. The van der Waals surface area contributed by atoms with Crippen molar-refractivity contribution in [3.63, 3.8) is 0 Å². The van der Waals surface area contributed by atoms with Crippen LogP contribution in [0.2, 0.25) is 0 Å². The van der Waals surface area contributed by atoms with Gasteiger partial charge >= 0.3 is 6.09 Å². The number of hydrogen-bond donors (Lipinski definition) is 3. The fourth-order valence-electron chi connectivity index (χ4n) is 0.897. The van der Waals surface area contributed by atoms with Crippen LogP contribution in [0.25, 0.3) is 0 Å². The Kier molecular flexibility index (Phi) is 5.81. The minimum Gasteiger partial charge on any atom is -0.444 e. The third kappa shape index (κ3) is 9.26. The zero-order chi connectivity index (χ0) is 12.8. The number of nitrogens with one attached hydrogen (secondary N) is 2. The predicted octanol–water partition coefficient (Wildman–Crippen LogP) is 0.356. The number of carbonyl (C=O) groups is 2. The van der Waals surface area contributed by atoms with Crippen LogP contribution in [-0.4, -0.2) is 35.5 Å². The Labute approximate surface area is 95.4 Å². The lowest BCUT2D eigenvalue weighted by Crippen LogP contribution is -2.37. The molecule has 0 heterocycles. The highest BCUT2D eigenvalue weighted by Crippen LogP contribution is 2.06. The van der Waals surface area contributed by atoms with Gasteiger partial charge in [0.15, 0.2) is 0 Å². The second-order valence-corrected chi connectivity index (χ2v) is 4.42. The first-order valence-electron chi connectivity index (χ1n) is 5.15. The van der Waals surface area contributed by atoms with Crippen molar-refractivity contribution in [2.45, 2.75) is 45.9 Å². The number of ether oxygens (including phenoxy) is 1. The molecule has 1 atom stereocenters. The van der Waals surface area contributed by atoms with E-state index in [1.165, 1.54) is 6.92 Å². The Hall–Kier alpha value is -1.30. The van der Waals surface area contributed by atoms with E-state index in [0.717, 1.165) is 0 Å². The van der Waals surface area contributed by atoms with Gasteiger partial charge in [-0.1, -0.05) is 0 Å². The molecule has 94 valence electrons. The van der Waals surface area contributed by atoms with Crippen LogP contribution >= 0.6 is 0 Å². The van der Waals surface area contributed by atoms with Gasteiger partial charge in [-0.15, -0.1) is 0 Å². The third-order valence-electron chi connectivity index (χ3n) is 1.39. The summed E-state index contributed by atoms with van der Waals surface area (Å²) < 4.78 is 4.97. The fraction of sp³-hybridized carbons (Fsp3) is 0.800. The van der Waals surface area contributed by atoms with Gasteiger partial charge in [0.25, 0.3) is 0 Å². The van der Waals surface area contributed by atoms with Gasteiger partial charge in [0.1, 0.15) is 11.8 Å². The van der Waals surface area contributed by atoms with Crippen molar-refractivity contribution in [2.24, 2.45) is 0 Å². The highest BCUT2D eigenvalue weighted by atomic mass is 16.6. The van der Waals surface area contributed by atoms with Crippen molar-refractivity contribution in [2.75, 3.05) is 6.54 Å². The standard InChI is InChI=1S/C10H20N2O4/c1-7(13)12-8(14)5-6-11-9(15)16-10(2,3)4/h7,13H,5-6H2,1-4H3,(H,11,15)(H,12,14). The van der Waals surface area contributed by atoms with Gasteiger partial charge in [-0.3, -0.25) is 4.79 Å². The van der Waals surface area contributed by atoms with E-state index in [-0.39, 0.29) is 18.9 Å². The van der Waals surface area contributed by atoms with E-state index in [1.807, 2.05) is 0 Å². The molecule has 2 amide bonds. The summed E-state index contributed by atoms with van der Waals surface area (Å²) in [4.78, 5) is 22.2. The maximum atomic E-state index is 11.1. The largest absolute Gasteiger partial charge is 0.444 e. The zero-order valence-corrected chi connectivity index (χ0v) is 10.2. The van der Waals surface area contributed by atoms with E-state index in [1.54, 1.807) is 20.8 Å². The molecule has 0 aliphatic rings. The van der Waals surface area contributed by atoms with Crippen LogP contribution < -0.4 is 10.6 Å². The summed E-state index contributed by atoms with van der Waals surface area (Å²) in [5.74, 6) is -0.328. The summed E-state index contributed by atoms with van der Waals surface area (Å²) in [5.41, 5.74) is -0.550. The van der Waals surface area contributed by atoms with Crippen LogP contribution in [0.1, 0.15) is 34.1 Å². The number of hydrogen-bond acceptors (Lipinski definition) is 4. The van der Waals surface area contributed by atoms with Crippen LogP contribution in [0, 0.1) is 0 Å². The monoisotopic (exact) mass is 232 g/mol. The predicted molar refractivity (Wildman–Crippen MR) is 58.7 cm³/mol. The summed E-state index contributed by atoms with van der Waals surface area (Å²) >= 11 is 0. The number of alkyl carbamates (subject to hydrolysis) is 1. The first-order chi connectivity index (χ1) is 7.20. The Bertz CT molecular complexity index is 246. The van der Waals surface area contributed by atoms with Gasteiger partial charge in [-0.2, -0.15) is 0 Å². The highest BCUT2D eigenvalue weighted by Gasteiger charge is 2.15. The summed E-state index contributed by atoms with van der Waals surface area (Å²) in [6, 6.07) is 0. The molecule has 0 aromatic heterocycles. The van der Waals surface area contributed by atoms with E-state index >= 15 is 0 Å². The minimum atomic E-state index is -0.881. The van der Waals surface area contributed by atoms with Gasteiger partial charge in [-0.25, -0.2) is 4.79 Å². The Morgan fingerprint density at radius 3 is 2.38 bits per heavy atom. The molecule has 0 saturated heterocycles. The number of amides is 2. The molecule has 0 spiro atoms. The normalized spacial score (nSPS) is 12.8. The Balaban J connectivity index is 3.66. The topological polar surface area (TPSA) is 87.7 Å². The molecule has 0 aliphatic carbocycles. The van der Waals surface area contributed by atoms with E-state index in [2.05, 4.69) is 10.6 Å². The van der Waals surface area contributed by atoms with E-state index in [4.69, 9.17) is 9.84 Å². The van der Waals surface area contributed by atoms with Crippen molar-refractivity contribution in [3.05, 3.63) is 0 Å². The molecule has 6 heteroatoms. The van der Waals surface area contributed by atoms with E-state index < -0.39 is 17.9 Å². The Morgan fingerprint density at radius 2 is 1.94 bits per heavy atom. The molecule has 3 N–H and O–H groups in total. The van der Waals surface area contributed by atoms with Crippen LogP contribution in [-0.2, 0) is 9.53 Å². The SMILES string of the molecule is CC(O)NC(=O)CCNC(=O)OC(C)(C)C. The van der Waals surface area contributed by atoms with Crippen molar-refractivity contribution in [1.82, 2.24) is 10.6 Å². The summed E-state index contributed by atoms with van der Waals surface area (Å²) in [5, 5.41) is 13.6. The van der Waals surface area contributed by atoms with Crippen LogP contribution in [0.3, 0.4) is 0 Å². The molecule has 0 fully saturated rings. The average Bonchev–Trinajstić information content (AvgIpc) is 1.98. The molecular weight excluding hydrogens is 212 g/mol. The van der Waals surface area contributed by atoms with Gasteiger partial charge < -0.3 is 20.5 Å². The molecule has 6 nitrogen and oxygen atoms in total. The van der Waals surface area contributed by atoms with Gasteiger partial charge in [0, 0.05) is 13.0 Å². The average molecular weight is 232 g/mol. The Morgan fingerprint density at radius 1 is 1.38 bits per heavy atom. The lowest BCUT2D eigenvalue weighted by Gasteiger charge is -2.19. The smallest absolute Gasteiger partial charge is 0.407 e. The van der Waals surface area contributed by atoms with Crippen molar-refractivity contribution < 1.29 is 19.4 Å². The number of aliphatic hydroxyl groups excluding tert-OH is 1. The summed E-state index contributed by atoms with van der Waals surface area (Å²) in [7, 11) is 0. The molecule has 0 saturated carbocycles. The van der Waals surface area contributed by atoms with Gasteiger partial charge in [-0.05, 0) is 27.7 Å². The maximum absolute atomic E-state index is 11.1. The van der Waals surface area contributed by atoms with E-state index in [9.17, 15) is 9.59 Å². The van der Waals surface area contributed by atoms with Crippen LogP contribution in [0.4, 0.5) is 4.79 Å². The summed E-state index contributed by atoms with van der Waals surface area (Å²) in [6.07, 6.45) is -1.34. The van der Waals surface area contributed by atoms with E-state index in [0.29, 0.717) is 0 Å². The lowest BCUT2D eigenvalue weighted by molar-refractivity contribution is -0.123. The summed E-state index contributed by atoms with van der Waals surface area (Å²) in [6.45, 7) is 6.89. The molecule has 1 unspecified atom stereocenters. The molecular formula is C10H20N2O4. The van der Waals surface area contributed by atoms with Gasteiger partial charge in [0.2, 0.25) is 5.91 Å². The number of aliphatic hydroxyl groups is 1. The van der Waals surface area contributed by atoms with Crippen molar-refractivity contribution >= 4 is 12.0 Å². The maximum Gasteiger partial charge on any atom is 0.407 e. The molecule has 0 radical (unpaired) electrons. The highest BCUT2D eigenvalue weighted by molar-refractivity contribution is 5.77. The third-order valence-corrected chi connectivity index (χ3v) is 1.39. The molecule has 0 aliphatic heterocycles. The first-order valence-corrected chi connectivity index (χ1v) is 5.15. The zero-order valence-electron chi connectivity index (χ0n) is 10.2. The van der Waals surface area contributed by atoms with Crippen molar-refractivity contribution in [3.8, 4) is 0 Å². The van der Waals surface area contributed by atoms with Crippen LogP contribution in [0.5, 0.6) is 0 Å². The second kappa shape index (κ2) is 6.32. The number of carbonyl (C=O) groups excluding carboxylic acids is 2. The fourth-order valence-corrected chi connectivity index (χ4v) is 0.897.